The topological polar surface area (TPSA) is 127 Å². The molecule has 0 aromatic rings. The van der Waals surface area contributed by atoms with Gasteiger partial charge in [0.1, 0.15) is 0 Å². The summed E-state index contributed by atoms with van der Waals surface area (Å²) in [5.74, 6) is -1.96. The maximum Gasteiger partial charge on any atom is 0.316 e. The van der Waals surface area contributed by atoms with Crippen molar-refractivity contribution in [3.05, 3.63) is 0 Å². The maximum atomic E-state index is 11.3. The lowest BCUT2D eigenvalue weighted by molar-refractivity contribution is -0.128. The first-order valence-electron chi connectivity index (χ1n) is 5.04. The van der Waals surface area contributed by atoms with Gasteiger partial charge in [-0.2, -0.15) is 0 Å². The molecule has 7 nitrogen and oxygen atoms in total. The highest BCUT2D eigenvalue weighted by Crippen LogP contribution is 1.94. The van der Waals surface area contributed by atoms with E-state index in [1.807, 2.05) is 13.8 Å². The Morgan fingerprint density at radius 1 is 1.12 bits per heavy atom. The van der Waals surface area contributed by atoms with Crippen LogP contribution in [0, 0.1) is 0 Å². The van der Waals surface area contributed by atoms with Gasteiger partial charge in [-0.15, -0.1) is 0 Å². The van der Waals surface area contributed by atoms with Crippen molar-refractivity contribution in [2.75, 3.05) is 0 Å². The van der Waals surface area contributed by atoms with Gasteiger partial charge in [0, 0.05) is 6.04 Å². The number of rotatable bonds is 6. The number of primary amides is 2. The fourth-order valence-corrected chi connectivity index (χ4v) is 1.18. The zero-order valence-electron chi connectivity index (χ0n) is 9.45. The smallest absolute Gasteiger partial charge is 0.316 e. The maximum absolute atomic E-state index is 11.3. The van der Waals surface area contributed by atoms with E-state index >= 15 is 0 Å². The van der Waals surface area contributed by atoms with Gasteiger partial charge in [0.2, 0.25) is 11.8 Å². The van der Waals surface area contributed by atoms with E-state index in [4.69, 9.17) is 11.5 Å². The van der Waals surface area contributed by atoms with Gasteiger partial charge in [-0.3, -0.25) is 9.59 Å². The number of nitrogens with two attached hydrogens (primary N) is 2. The summed E-state index contributed by atoms with van der Waals surface area (Å²) >= 11 is 0. The van der Waals surface area contributed by atoms with Crippen LogP contribution in [0.2, 0.25) is 0 Å². The molecule has 0 saturated carbocycles. The lowest BCUT2D eigenvalue weighted by Gasteiger charge is -2.16. The van der Waals surface area contributed by atoms with Gasteiger partial charge in [-0.05, 0) is 13.3 Å². The van der Waals surface area contributed by atoms with Crippen LogP contribution in [0.15, 0.2) is 0 Å². The van der Waals surface area contributed by atoms with Crippen molar-refractivity contribution < 1.29 is 14.4 Å². The molecule has 0 heterocycles. The molecule has 0 aliphatic heterocycles. The van der Waals surface area contributed by atoms with Crippen LogP contribution in [0.5, 0.6) is 0 Å². The standard InChI is InChI=1S/C9H18N4O3/c1-3-4-5(2)12-9(16)13-6(7(10)14)8(11)15/h5-6H,3-4H2,1-2H3,(H2,10,14)(H2,11,15)(H2,12,13,16). The molecule has 0 aromatic heterocycles. The van der Waals surface area contributed by atoms with E-state index in [-0.39, 0.29) is 6.04 Å². The van der Waals surface area contributed by atoms with Crippen molar-refractivity contribution in [3.63, 3.8) is 0 Å². The number of carbonyl (C=O) groups excluding carboxylic acids is 3. The van der Waals surface area contributed by atoms with Crippen molar-refractivity contribution in [2.24, 2.45) is 11.5 Å². The Labute approximate surface area is 93.9 Å². The minimum Gasteiger partial charge on any atom is -0.367 e. The van der Waals surface area contributed by atoms with Gasteiger partial charge < -0.3 is 22.1 Å². The summed E-state index contributed by atoms with van der Waals surface area (Å²) in [5, 5.41) is 4.66. The Balaban J connectivity index is 4.20. The van der Waals surface area contributed by atoms with Crippen LogP contribution in [0.1, 0.15) is 26.7 Å². The Morgan fingerprint density at radius 2 is 1.62 bits per heavy atom. The van der Waals surface area contributed by atoms with Gasteiger partial charge in [0.25, 0.3) is 0 Å². The highest BCUT2D eigenvalue weighted by molar-refractivity contribution is 6.05. The summed E-state index contributed by atoms with van der Waals surface area (Å²) in [6, 6.07) is -2.16. The molecule has 0 aromatic carbocycles. The molecule has 7 heteroatoms. The van der Waals surface area contributed by atoms with Crippen molar-refractivity contribution in [1.82, 2.24) is 10.6 Å². The van der Waals surface area contributed by atoms with Gasteiger partial charge in [0.05, 0.1) is 0 Å². The van der Waals surface area contributed by atoms with Crippen LogP contribution in [-0.2, 0) is 9.59 Å². The van der Waals surface area contributed by atoms with E-state index in [0.717, 1.165) is 12.8 Å². The number of hydrogen-bond donors (Lipinski definition) is 4. The molecular weight excluding hydrogens is 212 g/mol. The first kappa shape index (κ1) is 14.2. The molecule has 0 radical (unpaired) electrons. The number of amides is 4. The third-order valence-electron chi connectivity index (χ3n) is 1.94. The summed E-state index contributed by atoms with van der Waals surface area (Å²) in [7, 11) is 0. The van der Waals surface area contributed by atoms with Crippen LogP contribution >= 0.6 is 0 Å². The highest BCUT2D eigenvalue weighted by Gasteiger charge is 2.23. The fourth-order valence-electron chi connectivity index (χ4n) is 1.18. The average Bonchev–Trinajstić information content (AvgIpc) is 2.13. The molecule has 0 rings (SSSR count). The summed E-state index contributed by atoms with van der Waals surface area (Å²) < 4.78 is 0. The molecular formula is C9H18N4O3. The SMILES string of the molecule is CCCC(C)NC(=O)NC(C(N)=O)C(N)=O. The van der Waals surface area contributed by atoms with Crippen LogP contribution in [0.4, 0.5) is 4.79 Å². The molecule has 1 atom stereocenters. The molecule has 6 N–H and O–H groups in total. The van der Waals surface area contributed by atoms with E-state index in [2.05, 4.69) is 10.6 Å². The monoisotopic (exact) mass is 230 g/mol. The van der Waals surface area contributed by atoms with Crippen molar-refractivity contribution in [1.29, 1.82) is 0 Å². The molecule has 0 bridgehead atoms. The van der Waals surface area contributed by atoms with Gasteiger partial charge in [0.15, 0.2) is 6.04 Å². The molecule has 16 heavy (non-hydrogen) atoms. The molecule has 0 aliphatic rings. The van der Waals surface area contributed by atoms with E-state index < -0.39 is 23.9 Å². The summed E-state index contributed by atoms with van der Waals surface area (Å²) in [6.07, 6.45) is 1.71. The Hall–Kier alpha value is -1.79. The first-order chi connectivity index (χ1) is 7.38. The predicted molar refractivity (Wildman–Crippen MR) is 58.2 cm³/mol. The molecule has 0 aliphatic carbocycles. The summed E-state index contributed by atoms with van der Waals surface area (Å²) in [6.45, 7) is 3.79. The van der Waals surface area contributed by atoms with Crippen LogP contribution in [-0.4, -0.2) is 29.9 Å². The number of carbonyl (C=O) groups is 3. The minimum absolute atomic E-state index is 0.0496. The zero-order valence-corrected chi connectivity index (χ0v) is 9.45. The highest BCUT2D eigenvalue weighted by atomic mass is 16.2. The van der Waals surface area contributed by atoms with Gasteiger partial charge in [-0.1, -0.05) is 13.3 Å². The molecule has 92 valence electrons. The number of hydrogen-bond acceptors (Lipinski definition) is 3. The Kier molecular flexibility index (Phi) is 5.91. The molecule has 0 fully saturated rings. The zero-order chi connectivity index (χ0) is 12.7. The van der Waals surface area contributed by atoms with Crippen molar-refractivity contribution in [3.8, 4) is 0 Å². The molecule has 4 amide bonds. The Morgan fingerprint density at radius 3 is 2.00 bits per heavy atom. The van der Waals surface area contributed by atoms with Crippen LogP contribution < -0.4 is 22.1 Å². The minimum atomic E-state index is -1.48. The average molecular weight is 230 g/mol. The van der Waals surface area contributed by atoms with E-state index in [0.29, 0.717) is 0 Å². The third kappa shape index (κ3) is 5.18. The van der Waals surface area contributed by atoms with Crippen LogP contribution in [0.25, 0.3) is 0 Å². The van der Waals surface area contributed by atoms with Gasteiger partial charge >= 0.3 is 6.03 Å². The number of urea groups is 1. The first-order valence-corrected chi connectivity index (χ1v) is 5.04. The largest absolute Gasteiger partial charge is 0.367 e. The second-order valence-electron chi connectivity index (χ2n) is 3.55. The third-order valence-corrected chi connectivity index (χ3v) is 1.94. The predicted octanol–water partition coefficient (Wildman–Crippen LogP) is -1.19. The molecule has 0 spiro atoms. The second kappa shape index (κ2) is 6.65. The molecule has 1 unspecified atom stereocenters. The molecule has 0 saturated heterocycles. The van der Waals surface area contributed by atoms with Gasteiger partial charge in [-0.25, -0.2) is 4.79 Å². The lowest BCUT2D eigenvalue weighted by atomic mass is 10.2. The summed E-state index contributed by atoms with van der Waals surface area (Å²) in [4.78, 5) is 32.8. The Bertz CT molecular complexity index is 266. The quantitative estimate of drug-likeness (QED) is 0.428. The van der Waals surface area contributed by atoms with E-state index in [1.165, 1.54) is 0 Å². The van der Waals surface area contributed by atoms with E-state index in [9.17, 15) is 14.4 Å². The van der Waals surface area contributed by atoms with Crippen molar-refractivity contribution >= 4 is 17.8 Å². The van der Waals surface area contributed by atoms with Crippen molar-refractivity contribution in [2.45, 2.75) is 38.8 Å². The summed E-state index contributed by atoms with van der Waals surface area (Å²) in [5.41, 5.74) is 9.79. The normalized spacial score (nSPS) is 11.9. The van der Waals surface area contributed by atoms with Crippen LogP contribution in [0.3, 0.4) is 0 Å². The number of nitrogens with one attached hydrogen (secondary N) is 2. The second-order valence-corrected chi connectivity index (χ2v) is 3.55. The fraction of sp³-hybridized carbons (Fsp3) is 0.667. The van der Waals surface area contributed by atoms with E-state index in [1.54, 1.807) is 0 Å². The lowest BCUT2D eigenvalue weighted by Crippen LogP contribution is -2.55.